The van der Waals surface area contributed by atoms with Crippen molar-refractivity contribution in [2.24, 2.45) is 5.92 Å². The minimum Gasteiger partial charge on any atom is -0.310 e. The molecule has 2 saturated heterocycles. The van der Waals surface area contributed by atoms with Gasteiger partial charge in [0.15, 0.2) is 0 Å². The van der Waals surface area contributed by atoms with Crippen LogP contribution in [0.4, 0.5) is 0 Å². The van der Waals surface area contributed by atoms with Gasteiger partial charge in [0.1, 0.15) is 0 Å². The normalized spacial score (nSPS) is 30.6. The topological polar surface area (TPSA) is 33.1 Å². The standard InChI is InChI=1S/C21H32N4/c1-15-5-7-19(22-13-15)16-6-8-20-17(11-16)14-25(23-20)18-9-10-24(4)21(2,3)12-18/h6,8,11,14-15,18-19,22H,5,7,9-10,12-13H2,1-4H3/t15-,18?,19+/m0/s1. The summed E-state index contributed by atoms with van der Waals surface area (Å²) < 4.78 is 2.24. The van der Waals surface area contributed by atoms with Crippen LogP contribution in [-0.2, 0) is 0 Å². The minimum absolute atomic E-state index is 0.245. The van der Waals surface area contributed by atoms with Gasteiger partial charge in [0.2, 0.25) is 0 Å². The summed E-state index contributed by atoms with van der Waals surface area (Å²) in [6.07, 6.45) is 7.18. The van der Waals surface area contributed by atoms with Crippen LogP contribution >= 0.6 is 0 Å². The van der Waals surface area contributed by atoms with Gasteiger partial charge in [0, 0.05) is 29.7 Å². The molecule has 0 radical (unpaired) electrons. The average molecular weight is 341 g/mol. The first-order valence-corrected chi connectivity index (χ1v) is 9.86. The number of likely N-dealkylation sites (tertiary alicyclic amines) is 1. The summed E-state index contributed by atoms with van der Waals surface area (Å²) in [6, 6.07) is 7.85. The Kier molecular flexibility index (Phi) is 4.37. The third kappa shape index (κ3) is 3.34. The molecule has 0 spiro atoms. The molecule has 136 valence electrons. The molecule has 4 heteroatoms. The molecule has 0 saturated carbocycles. The van der Waals surface area contributed by atoms with E-state index in [0.717, 1.165) is 30.9 Å². The number of benzene rings is 1. The van der Waals surface area contributed by atoms with Crippen LogP contribution in [0.1, 0.15) is 64.1 Å². The largest absolute Gasteiger partial charge is 0.310 e. The lowest BCUT2D eigenvalue weighted by atomic mass is 9.87. The van der Waals surface area contributed by atoms with E-state index in [0.29, 0.717) is 12.1 Å². The van der Waals surface area contributed by atoms with Crippen molar-refractivity contribution in [3.8, 4) is 0 Å². The summed E-state index contributed by atoms with van der Waals surface area (Å²) in [7, 11) is 2.24. The lowest BCUT2D eigenvalue weighted by Crippen LogP contribution is -2.47. The smallest absolute Gasteiger partial charge is 0.0923 e. The van der Waals surface area contributed by atoms with E-state index in [9.17, 15) is 0 Å². The van der Waals surface area contributed by atoms with Crippen LogP contribution in [0, 0.1) is 5.92 Å². The molecule has 2 aromatic rings. The third-order valence-electron chi connectivity index (χ3n) is 6.55. The molecule has 0 bridgehead atoms. The molecule has 25 heavy (non-hydrogen) atoms. The van der Waals surface area contributed by atoms with Gasteiger partial charge in [-0.3, -0.25) is 4.68 Å². The van der Waals surface area contributed by atoms with Crippen LogP contribution in [0.5, 0.6) is 0 Å². The second kappa shape index (κ2) is 6.40. The van der Waals surface area contributed by atoms with Crippen LogP contribution in [-0.4, -0.2) is 40.4 Å². The zero-order chi connectivity index (χ0) is 17.6. The molecule has 1 aromatic carbocycles. The van der Waals surface area contributed by atoms with Crippen molar-refractivity contribution in [1.29, 1.82) is 0 Å². The van der Waals surface area contributed by atoms with Crippen molar-refractivity contribution in [1.82, 2.24) is 20.0 Å². The summed E-state index contributed by atoms with van der Waals surface area (Å²) in [4.78, 5) is 2.47. The number of aromatic nitrogens is 2. The molecule has 1 N–H and O–H groups in total. The van der Waals surface area contributed by atoms with Gasteiger partial charge in [-0.2, -0.15) is 5.10 Å². The number of rotatable bonds is 2. The van der Waals surface area contributed by atoms with E-state index in [4.69, 9.17) is 5.10 Å². The van der Waals surface area contributed by atoms with E-state index in [-0.39, 0.29) is 5.54 Å². The van der Waals surface area contributed by atoms with Gasteiger partial charge in [-0.05, 0) is 76.7 Å². The second-order valence-electron chi connectivity index (χ2n) is 8.95. The van der Waals surface area contributed by atoms with Crippen LogP contribution in [0.15, 0.2) is 24.4 Å². The Morgan fingerprint density at radius 1 is 1.20 bits per heavy atom. The molecule has 3 atom stereocenters. The van der Waals surface area contributed by atoms with Gasteiger partial charge < -0.3 is 10.2 Å². The molecule has 2 aliphatic heterocycles. The zero-order valence-electron chi connectivity index (χ0n) is 16.1. The first-order valence-electron chi connectivity index (χ1n) is 9.86. The maximum Gasteiger partial charge on any atom is 0.0923 e. The van der Waals surface area contributed by atoms with E-state index < -0.39 is 0 Å². The molecular weight excluding hydrogens is 308 g/mol. The Labute approximate surface area is 151 Å². The molecule has 4 nitrogen and oxygen atoms in total. The number of fused-ring (bicyclic) bond motifs is 1. The van der Waals surface area contributed by atoms with Crippen molar-refractivity contribution in [3.63, 3.8) is 0 Å². The highest BCUT2D eigenvalue weighted by atomic mass is 15.3. The predicted octanol–water partition coefficient (Wildman–Crippen LogP) is 4.14. The molecular formula is C21H32N4. The summed E-state index contributed by atoms with van der Waals surface area (Å²) >= 11 is 0. The fraction of sp³-hybridized carbons (Fsp3) is 0.667. The zero-order valence-corrected chi connectivity index (χ0v) is 16.1. The van der Waals surface area contributed by atoms with Crippen LogP contribution in [0.3, 0.4) is 0 Å². The summed E-state index contributed by atoms with van der Waals surface area (Å²) in [5, 5.41) is 9.89. The number of hydrogen-bond acceptors (Lipinski definition) is 3. The lowest BCUT2D eigenvalue weighted by molar-refractivity contribution is 0.0721. The summed E-state index contributed by atoms with van der Waals surface area (Å²) in [6.45, 7) is 9.29. The molecule has 2 fully saturated rings. The van der Waals surface area contributed by atoms with Crippen LogP contribution < -0.4 is 5.32 Å². The molecule has 2 aliphatic rings. The van der Waals surface area contributed by atoms with Crippen molar-refractivity contribution >= 4 is 10.9 Å². The van der Waals surface area contributed by atoms with Crippen LogP contribution in [0.25, 0.3) is 10.9 Å². The van der Waals surface area contributed by atoms with E-state index in [1.165, 1.54) is 30.2 Å². The maximum absolute atomic E-state index is 4.90. The number of piperidine rings is 2. The van der Waals surface area contributed by atoms with Gasteiger partial charge in [0.05, 0.1) is 11.6 Å². The van der Waals surface area contributed by atoms with Gasteiger partial charge in [0.25, 0.3) is 0 Å². The summed E-state index contributed by atoms with van der Waals surface area (Å²) in [5.74, 6) is 0.801. The minimum atomic E-state index is 0.245. The molecule has 3 heterocycles. The number of nitrogens with zero attached hydrogens (tertiary/aromatic N) is 3. The Morgan fingerprint density at radius 3 is 2.76 bits per heavy atom. The van der Waals surface area contributed by atoms with Gasteiger partial charge in [-0.15, -0.1) is 0 Å². The van der Waals surface area contributed by atoms with Crippen molar-refractivity contribution in [3.05, 3.63) is 30.0 Å². The van der Waals surface area contributed by atoms with Crippen molar-refractivity contribution in [2.75, 3.05) is 20.1 Å². The van der Waals surface area contributed by atoms with E-state index >= 15 is 0 Å². The molecule has 0 aliphatic carbocycles. The highest BCUT2D eigenvalue weighted by Gasteiger charge is 2.33. The van der Waals surface area contributed by atoms with E-state index in [1.54, 1.807) is 0 Å². The predicted molar refractivity (Wildman–Crippen MR) is 104 cm³/mol. The highest BCUT2D eigenvalue weighted by Crippen LogP contribution is 2.34. The first kappa shape index (κ1) is 17.0. The lowest BCUT2D eigenvalue weighted by Gasteiger charge is -2.43. The molecule has 1 unspecified atom stereocenters. The highest BCUT2D eigenvalue weighted by molar-refractivity contribution is 5.79. The van der Waals surface area contributed by atoms with Gasteiger partial charge >= 0.3 is 0 Å². The molecule has 4 rings (SSSR count). The van der Waals surface area contributed by atoms with E-state index in [2.05, 4.69) is 67.1 Å². The number of nitrogens with one attached hydrogen (secondary N) is 1. The van der Waals surface area contributed by atoms with Gasteiger partial charge in [-0.1, -0.05) is 13.0 Å². The Balaban J connectivity index is 1.56. The Bertz CT molecular complexity index is 739. The first-order chi connectivity index (χ1) is 11.9. The average Bonchev–Trinajstić information content (AvgIpc) is 3.01. The number of hydrogen-bond donors (Lipinski definition) is 1. The fourth-order valence-corrected chi connectivity index (χ4v) is 4.46. The SMILES string of the molecule is C[C@H]1CC[C@H](c2ccc3nn(C4CCN(C)C(C)(C)C4)cc3c2)NC1. The van der Waals surface area contributed by atoms with Crippen LogP contribution in [0.2, 0.25) is 0 Å². The molecule has 0 amide bonds. The van der Waals surface area contributed by atoms with Crippen molar-refractivity contribution in [2.45, 2.75) is 64.1 Å². The second-order valence-corrected chi connectivity index (χ2v) is 8.95. The third-order valence-corrected chi connectivity index (χ3v) is 6.55. The van der Waals surface area contributed by atoms with E-state index in [1.807, 2.05) is 0 Å². The molecule has 1 aromatic heterocycles. The fourth-order valence-electron chi connectivity index (χ4n) is 4.46. The maximum atomic E-state index is 4.90. The quantitative estimate of drug-likeness (QED) is 0.892. The summed E-state index contributed by atoms with van der Waals surface area (Å²) in [5.41, 5.74) is 2.79. The van der Waals surface area contributed by atoms with Gasteiger partial charge in [-0.25, -0.2) is 0 Å². The Morgan fingerprint density at radius 2 is 2.04 bits per heavy atom. The Hall–Kier alpha value is -1.39. The van der Waals surface area contributed by atoms with Crippen molar-refractivity contribution < 1.29 is 0 Å². The monoisotopic (exact) mass is 340 g/mol.